The van der Waals surface area contributed by atoms with Gasteiger partial charge in [-0.25, -0.2) is 4.68 Å². The molecule has 2 heterocycles. The van der Waals surface area contributed by atoms with Crippen LogP contribution in [0.1, 0.15) is 16.7 Å². The molecule has 0 amide bonds. The van der Waals surface area contributed by atoms with Crippen LogP contribution in [0.15, 0.2) is 37.2 Å². The lowest BCUT2D eigenvalue weighted by Gasteiger charge is -2.06. The van der Waals surface area contributed by atoms with Crippen molar-refractivity contribution in [1.29, 1.82) is 0 Å². The number of aromatic nitrogens is 2. The Morgan fingerprint density at radius 1 is 1.39 bits per heavy atom. The van der Waals surface area contributed by atoms with E-state index in [1.54, 1.807) is 10.9 Å². The summed E-state index contributed by atoms with van der Waals surface area (Å²) in [6, 6.07) is 6.36. The molecule has 1 aromatic heterocycles. The summed E-state index contributed by atoms with van der Waals surface area (Å²) in [5.74, 6) is 0. The van der Waals surface area contributed by atoms with Crippen molar-refractivity contribution in [3.63, 3.8) is 0 Å². The van der Waals surface area contributed by atoms with Crippen LogP contribution in [-0.2, 0) is 24.5 Å². The Balaban J connectivity index is 1.68. The van der Waals surface area contributed by atoms with Crippen LogP contribution in [0.5, 0.6) is 0 Å². The van der Waals surface area contributed by atoms with E-state index in [2.05, 4.69) is 35.2 Å². The fourth-order valence-electron chi connectivity index (χ4n) is 2.05. The van der Waals surface area contributed by atoms with Gasteiger partial charge in [0.1, 0.15) is 0 Å². The van der Waals surface area contributed by atoms with Gasteiger partial charge in [-0.15, -0.1) is 0 Å². The fourth-order valence-corrected chi connectivity index (χ4v) is 2.05. The molecule has 1 N–H and O–H groups in total. The van der Waals surface area contributed by atoms with E-state index in [9.17, 15) is 0 Å². The molecular formula is C14H15N3O. The highest BCUT2D eigenvalue weighted by molar-refractivity contribution is 5.49. The Morgan fingerprint density at radius 3 is 3.11 bits per heavy atom. The van der Waals surface area contributed by atoms with Crippen molar-refractivity contribution in [3.8, 4) is 0 Å². The Kier molecular flexibility index (Phi) is 2.86. The van der Waals surface area contributed by atoms with Crippen molar-refractivity contribution in [2.24, 2.45) is 0 Å². The number of hydrogen-bond donors (Lipinski definition) is 1. The van der Waals surface area contributed by atoms with Crippen molar-refractivity contribution in [3.05, 3.63) is 53.9 Å². The first-order chi connectivity index (χ1) is 8.85. The van der Waals surface area contributed by atoms with E-state index < -0.39 is 0 Å². The smallest absolute Gasteiger partial charge is 0.0725 e. The Morgan fingerprint density at radius 2 is 2.28 bits per heavy atom. The molecule has 1 aliphatic rings. The quantitative estimate of drug-likeness (QED) is 0.894. The molecule has 3 rings (SSSR count). The summed E-state index contributed by atoms with van der Waals surface area (Å²) in [4.78, 5) is 0. The van der Waals surface area contributed by atoms with E-state index in [1.165, 1.54) is 11.1 Å². The minimum absolute atomic E-state index is 0.721. The second-order valence-electron chi connectivity index (χ2n) is 4.34. The number of anilines is 1. The molecule has 0 spiro atoms. The molecule has 0 aliphatic carbocycles. The molecule has 18 heavy (non-hydrogen) atoms. The van der Waals surface area contributed by atoms with Gasteiger partial charge in [-0.2, -0.15) is 5.10 Å². The van der Waals surface area contributed by atoms with E-state index >= 15 is 0 Å². The lowest BCUT2D eigenvalue weighted by molar-refractivity contribution is 0.134. The summed E-state index contributed by atoms with van der Waals surface area (Å²) >= 11 is 0. The molecule has 2 aromatic rings. The summed E-state index contributed by atoms with van der Waals surface area (Å²) in [6.07, 6.45) is 5.47. The average Bonchev–Trinajstić information content (AvgIpc) is 3.04. The maximum absolute atomic E-state index is 5.40. The molecule has 0 saturated heterocycles. The van der Waals surface area contributed by atoms with Gasteiger partial charge < -0.3 is 10.1 Å². The summed E-state index contributed by atoms with van der Waals surface area (Å²) < 4.78 is 7.10. The predicted molar refractivity (Wildman–Crippen MR) is 70.9 cm³/mol. The van der Waals surface area contributed by atoms with Gasteiger partial charge in [-0.1, -0.05) is 12.6 Å². The van der Waals surface area contributed by atoms with Gasteiger partial charge in [0.05, 0.1) is 19.4 Å². The normalized spacial score (nSPS) is 13.3. The van der Waals surface area contributed by atoms with Gasteiger partial charge in [0.2, 0.25) is 0 Å². The number of benzene rings is 1. The summed E-state index contributed by atoms with van der Waals surface area (Å²) in [5.41, 5.74) is 4.82. The third kappa shape index (κ3) is 2.15. The van der Waals surface area contributed by atoms with Gasteiger partial charge in [0, 0.05) is 30.2 Å². The zero-order valence-electron chi connectivity index (χ0n) is 10.1. The maximum atomic E-state index is 5.40. The lowest BCUT2D eigenvalue weighted by Crippen LogP contribution is -1.99. The van der Waals surface area contributed by atoms with Crippen molar-refractivity contribution >= 4 is 11.9 Å². The minimum Gasteiger partial charge on any atom is -0.381 e. The van der Waals surface area contributed by atoms with Crippen LogP contribution in [0.2, 0.25) is 0 Å². The molecule has 4 heteroatoms. The van der Waals surface area contributed by atoms with E-state index in [4.69, 9.17) is 4.74 Å². The molecule has 92 valence electrons. The Hall–Kier alpha value is -2.07. The first-order valence-corrected chi connectivity index (χ1v) is 5.94. The molecule has 1 aromatic carbocycles. The number of nitrogens with zero attached hydrogens (tertiary/aromatic N) is 2. The zero-order valence-corrected chi connectivity index (χ0v) is 10.1. The zero-order chi connectivity index (χ0) is 12.4. The SMILES string of the molecule is C=Cn1cc(CNc2ccc3c(c2)COC3)cn1. The molecule has 4 nitrogen and oxygen atoms in total. The van der Waals surface area contributed by atoms with Crippen molar-refractivity contribution < 1.29 is 4.74 Å². The third-order valence-electron chi connectivity index (χ3n) is 3.06. The highest BCUT2D eigenvalue weighted by Gasteiger charge is 2.10. The van der Waals surface area contributed by atoms with E-state index in [-0.39, 0.29) is 0 Å². The number of hydrogen-bond acceptors (Lipinski definition) is 3. The van der Waals surface area contributed by atoms with Crippen molar-refractivity contribution in [2.45, 2.75) is 19.8 Å². The lowest BCUT2D eigenvalue weighted by atomic mass is 10.1. The molecule has 1 aliphatic heterocycles. The highest BCUT2D eigenvalue weighted by Crippen LogP contribution is 2.23. The number of fused-ring (bicyclic) bond motifs is 1. The Labute approximate surface area is 106 Å². The van der Waals surface area contributed by atoms with Crippen LogP contribution >= 0.6 is 0 Å². The van der Waals surface area contributed by atoms with E-state index in [0.29, 0.717) is 0 Å². The van der Waals surface area contributed by atoms with Crippen LogP contribution < -0.4 is 5.32 Å². The maximum Gasteiger partial charge on any atom is 0.0725 e. The molecular weight excluding hydrogens is 226 g/mol. The molecule has 0 radical (unpaired) electrons. The summed E-state index contributed by atoms with van der Waals surface area (Å²) in [5, 5.41) is 7.53. The van der Waals surface area contributed by atoms with Gasteiger partial charge >= 0.3 is 0 Å². The minimum atomic E-state index is 0.721. The Bertz CT molecular complexity index is 574. The number of ether oxygens (including phenoxy) is 1. The molecule has 0 bridgehead atoms. The standard InChI is InChI=1S/C14H15N3O/c1-2-17-8-11(7-16-17)6-15-14-4-3-12-9-18-10-13(12)5-14/h2-5,7-8,15H,1,6,9-10H2. The van der Waals surface area contributed by atoms with Crippen molar-refractivity contribution in [1.82, 2.24) is 9.78 Å². The van der Waals surface area contributed by atoms with Gasteiger partial charge in [0.15, 0.2) is 0 Å². The van der Waals surface area contributed by atoms with Gasteiger partial charge in [-0.3, -0.25) is 0 Å². The van der Waals surface area contributed by atoms with Crippen LogP contribution in [0.4, 0.5) is 5.69 Å². The summed E-state index contributed by atoms with van der Waals surface area (Å²) in [6.45, 7) is 5.88. The van der Waals surface area contributed by atoms with E-state index in [1.807, 2.05) is 12.4 Å². The molecule has 0 fully saturated rings. The molecule has 0 unspecified atom stereocenters. The second-order valence-corrected chi connectivity index (χ2v) is 4.34. The number of rotatable bonds is 4. The number of nitrogens with one attached hydrogen (secondary N) is 1. The molecule has 0 atom stereocenters. The van der Waals surface area contributed by atoms with Crippen molar-refractivity contribution in [2.75, 3.05) is 5.32 Å². The van der Waals surface area contributed by atoms with E-state index in [0.717, 1.165) is 31.0 Å². The topological polar surface area (TPSA) is 39.1 Å². The van der Waals surface area contributed by atoms with Gasteiger partial charge in [-0.05, 0) is 23.3 Å². The molecule has 0 saturated carbocycles. The largest absolute Gasteiger partial charge is 0.381 e. The summed E-state index contributed by atoms with van der Waals surface area (Å²) in [7, 11) is 0. The predicted octanol–water partition coefficient (Wildman–Crippen LogP) is 2.63. The van der Waals surface area contributed by atoms with Crippen LogP contribution in [0.25, 0.3) is 6.20 Å². The fraction of sp³-hybridized carbons (Fsp3) is 0.214. The highest BCUT2D eigenvalue weighted by atomic mass is 16.5. The first kappa shape index (κ1) is 11.0. The average molecular weight is 241 g/mol. The van der Waals surface area contributed by atoms with Gasteiger partial charge in [0.25, 0.3) is 0 Å². The monoisotopic (exact) mass is 241 g/mol. The van der Waals surface area contributed by atoms with Crippen LogP contribution in [0.3, 0.4) is 0 Å². The van der Waals surface area contributed by atoms with Crippen LogP contribution in [-0.4, -0.2) is 9.78 Å². The van der Waals surface area contributed by atoms with Crippen LogP contribution in [0, 0.1) is 0 Å². The third-order valence-corrected chi connectivity index (χ3v) is 3.06. The first-order valence-electron chi connectivity index (χ1n) is 5.94. The second kappa shape index (κ2) is 4.66.